The number of imidazole rings is 1. The summed E-state index contributed by atoms with van der Waals surface area (Å²) in [6, 6.07) is 67.4. The Hall–Kier alpha value is -9.87. The molecule has 7 heteroatoms. The van der Waals surface area contributed by atoms with Crippen molar-refractivity contribution >= 4 is 54.8 Å². The van der Waals surface area contributed by atoms with Crippen LogP contribution in [0, 0.1) is 32.2 Å². The smallest absolute Gasteiger partial charge is 0.268 e. The van der Waals surface area contributed by atoms with Crippen molar-refractivity contribution in [2.24, 2.45) is 0 Å². The van der Waals surface area contributed by atoms with Gasteiger partial charge in [0.1, 0.15) is 17.0 Å². The van der Waals surface area contributed by atoms with E-state index in [-0.39, 0.29) is 59.9 Å². The minimum Gasteiger partial charge on any atom is -0.510 e. The number of rotatable bonds is 7. The summed E-state index contributed by atoms with van der Waals surface area (Å²) in [5, 5.41) is 3.62. The molecule has 0 radical (unpaired) electrons. The van der Waals surface area contributed by atoms with Crippen LogP contribution in [0.25, 0.3) is 139 Å². The first kappa shape index (κ1) is 41.2. The van der Waals surface area contributed by atoms with Gasteiger partial charge in [-0.1, -0.05) is 178 Å². The zero-order valence-electron chi connectivity index (χ0n) is 57.1. The van der Waals surface area contributed by atoms with Crippen molar-refractivity contribution in [2.75, 3.05) is 0 Å². The van der Waals surface area contributed by atoms with Crippen molar-refractivity contribution in [3.05, 3.63) is 272 Å². The standard InChI is InChI=1S/C78H54N4O2.Pt/c1-48-19-15-20-49(2)74(48)52-42-65(51-35-38-72-66(41-51)62-28-12-14-34-71(62)84-72)76-67(43-52)75-57(50-21-7-6-8-22-50)29-17-30-63(75)58-25-9-10-26-59(58)64-31-18-33-69-77(64)81(76)47-80(69)54-23-16-24-55(45-54)83-56-36-37-61-60-27-11-13-32-68(60)82(70(61)46-56)73-44-53(39-40-79-73)78(3,4)5;/h6-44H,1-5H3;/q-2;/i1D3,2D3,6D,7D,8D,21D,22D;. The van der Waals surface area contributed by atoms with Crippen LogP contribution in [0.1, 0.15) is 52.5 Å². The first-order valence-corrected chi connectivity index (χ1v) is 27.8. The second kappa shape index (κ2) is 20.2. The summed E-state index contributed by atoms with van der Waals surface area (Å²) in [7, 11) is 0. The summed E-state index contributed by atoms with van der Waals surface area (Å²) in [4.78, 5) is 4.88. The molecule has 410 valence electrons. The molecule has 16 rings (SSSR count). The normalized spacial score (nSPS) is 14.1. The monoisotopic (exact) mass is 1280 g/mol. The molecule has 11 aromatic carbocycles. The van der Waals surface area contributed by atoms with Gasteiger partial charge in [-0.3, -0.25) is 4.57 Å². The number of para-hydroxylation sites is 3. The molecule has 0 unspecified atom stereocenters. The maximum atomic E-state index is 9.61. The molecule has 1 aliphatic rings. The minimum atomic E-state index is -2.82. The molecule has 15 aromatic rings. The zero-order chi connectivity index (χ0) is 65.7. The predicted molar refractivity (Wildman–Crippen MR) is 342 cm³/mol. The Bertz CT molecular complexity index is 5700. The molecule has 6 nitrogen and oxygen atoms in total. The van der Waals surface area contributed by atoms with Gasteiger partial charge in [0, 0.05) is 63.3 Å². The Morgan fingerprint density at radius 3 is 2.05 bits per heavy atom. The molecule has 1 aliphatic heterocycles. The van der Waals surface area contributed by atoms with Crippen LogP contribution < -0.4 is 9.30 Å². The van der Waals surface area contributed by atoms with Gasteiger partial charge in [-0.25, -0.2) is 4.98 Å². The van der Waals surface area contributed by atoms with Gasteiger partial charge in [-0.05, 0) is 162 Å². The number of benzene rings is 11. The van der Waals surface area contributed by atoms with Crippen LogP contribution in [0.5, 0.6) is 11.5 Å². The van der Waals surface area contributed by atoms with E-state index in [1.54, 1.807) is 18.2 Å². The number of pyridine rings is 1. The third-order valence-corrected chi connectivity index (χ3v) is 16.3. The van der Waals surface area contributed by atoms with Crippen LogP contribution in [0.15, 0.2) is 241 Å². The molecular weight excluding hydrogens is 1220 g/mol. The molecule has 0 saturated heterocycles. The Labute approximate surface area is 523 Å². The van der Waals surface area contributed by atoms with Gasteiger partial charge in [0.2, 0.25) is 0 Å². The maximum absolute atomic E-state index is 9.61. The van der Waals surface area contributed by atoms with E-state index in [1.807, 2.05) is 161 Å². The van der Waals surface area contributed by atoms with E-state index in [2.05, 4.69) is 62.0 Å². The summed E-state index contributed by atoms with van der Waals surface area (Å²) >= 11 is 0. The third kappa shape index (κ3) is 8.49. The summed E-state index contributed by atoms with van der Waals surface area (Å²) in [6.45, 7) is 0.904. The fraction of sp³-hybridized carbons (Fsp3) is 0.0769. The summed E-state index contributed by atoms with van der Waals surface area (Å²) in [5.74, 6) is 1.56. The number of hydrogen-bond acceptors (Lipinski definition) is 3. The van der Waals surface area contributed by atoms with E-state index in [0.717, 1.165) is 55.1 Å². The fourth-order valence-electron chi connectivity index (χ4n) is 12.4. The first-order chi connectivity index (χ1) is 45.6. The molecule has 5 heterocycles. The number of furan rings is 1. The van der Waals surface area contributed by atoms with Gasteiger partial charge in [0.05, 0.1) is 23.6 Å². The van der Waals surface area contributed by atoms with Gasteiger partial charge in [-0.2, -0.15) is 18.2 Å². The van der Waals surface area contributed by atoms with E-state index in [9.17, 15) is 2.74 Å². The Balaban J connectivity index is 0.00000756. The molecule has 85 heavy (non-hydrogen) atoms. The number of fused-ring (bicyclic) bond motifs is 13. The largest absolute Gasteiger partial charge is 0.510 e. The predicted octanol–water partition coefficient (Wildman–Crippen LogP) is 19.7. The molecule has 0 spiro atoms. The first-order valence-electron chi connectivity index (χ1n) is 33.3. The third-order valence-electron chi connectivity index (χ3n) is 16.3. The number of hydrogen-bond donors (Lipinski definition) is 0. The average Bonchev–Trinajstić information content (AvgIpc) is 1.42. The Kier molecular flexibility index (Phi) is 9.78. The van der Waals surface area contributed by atoms with Gasteiger partial charge in [-0.15, -0.1) is 29.7 Å². The quantitative estimate of drug-likeness (QED) is 0.118. The van der Waals surface area contributed by atoms with Crippen molar-refractivity contribution in [2.45, 2.75) is 39.9 Å². The van der Waals surface area contributed by atoms with Crippen LogP contribution >= 0.6 is 0 Å². The van der Waals surface area contributed by atoms with E-state index >= 15 is 0 Å². The van der Waals surface area contributed by atoms with Crippen LogP contribution in [0.4, 0.5) is 0 Å². The summed E-state index contributed by atoms with van der Waals surface area (Å²) in [5.41, 5.74) is 11.2. The topological polar surface area (TPSA) is 49.0 Å². The zero-order valence-corrected chi connectivity index (χ0v) is 48.3. The van der Waals surface area contributed by atoms with Crippen LogP contribution in [0.3, 0.4) is 0 Å². The van der Waals surface area contributed by atoms with Crippen molar-refractivity contribution < 1.29 is 49.9 Å². The Morgan fingerprint density at radius 2 is 1.21 bits per heavy atom. The van der Waals surface area contributed by atoms with Crippen molar-refractivity contribution in [3.8, 4) is 95.5 Å². The fourth-order valence-corrected chi connectivity index (χ4v) is 12.4. The van der Waals surface area contributed by atoms with E-state index in [0.29, 0.717) is 78.5 Å². The molecular formula is C78H54N4O2Pt-2. The van der Waals surface area contributed by atoms with Crippen LogP contribution in [-0.4, -0.2) is 14.1 Å². The molecule has 0 aliphatic carbocycles. The van der Waals surface area contributed by atoms with Crippen LogP contribution in [-0.2, 0) is 26.5 Å². The van der Waals surface area contributed by atoms with Crippen molar-refractivity contribution in [1.82, 2.24) is 14.1 Å². The average molecular weight is 1290 g/mol. The number of ether oxygens (including phenoxy) is 1. The second-order valence-corrected chi connectivity index (χ2v) is 22.3. The number of aromatic nitrogens is 4. The summed E-state index contributed by atoms with van der Waals surface area (Å²) < 4.78 is 119. The molecule has 0 atom stereocenters. The molecule has 4 aromatic heterocycles. The van der Waals surface area contributed by atoms with E-state index in [1.165, 1.54) is 18.2 Å². The van der Waals surface area contributed by atoms with Gasteiger partial charge < -0.3 is 18.3 Å². The van der Waals surface area contributed by atoms with Gasteiger partial charge in [0.25, 0.3) is 6.33 Å². The minimum absolute atomic E-state index is 0. The molecule has 0 N–H and O–H groups in total. The SMILES string of the molecule is [2H]c1c([2H])c([2H])c(-c2cccc3c2-c2cc(-c4c(C([2H])([2H])[2H])cccc4C([2H])([2H])[2H])cc(-c4ccc5oc6ccccc6c5c4)c2-[n+]2[c-]n(-c4[c-]c(Oc5[c-]c6c(cc5)c5ccccc5n6-c5cc(C(C)(C)C)ccn5)ccc4)c4cccc(c42)-c2ccccc2-3)c([2H])c1[2H].[Pt]. The van der Waals surface area contributed by atoms with Gasteiger partial charge >= 0.3 is 0 Å². The van der Waals surface area contributed by atoms with E-state index in [4.69, 9.17) is 26.5 Å². The summed E-state index contributed by atoms with van der Waals surface area (Å²) in [6.07, 6.45) is 5.66. The van der Waals surface area contributed by atoms with Gasteiger partial charge in [0.15, 0.2) is 0 Å². The van der Waals surface area contributed by atoms with Crippen molar-refractivity contribution in [3.63, 3.8) is 0 Å². The van der Waals surface area contributed by atoms with Crippen molar-refractivity contribution in [1.29, 1.82) is 0 Å². The Morgan fingerprint density at radius 1 is 0.529 bits per heavy atom. The molecule has 0 saturated carbocycles. The van der Waals surface area contributed by atoms with E-state index < -0.39 is 43.9 Å². The molecule has 0 fully saturated rings. The number of aryl methyl sites for hydroxylation is 2. The molecule has 0 amide bonds. The van der Waals surface area contributed by atoms with Crippen LogP contribution in [0.2, 0.25) is 0 Å². The maximum Gasteiger partial charge on any atom is 0.268 e. The molecule has 0 bridgehead atoms. The second-order valence-electron chi connectivity index (χ2n) is 22.3. The number of nitrogens with zero attached hydrogens (tertiary/aromatic N) is 4.